The number of carbonyl (C=O) groups is 2. The Bertz CT molecular complexity index is 1340. The van der Waals surface area contributed by atoms with Crippen LogP contribution in [0.3, 0.4) is 0 Å². The smallest absolute Gasteiger partial charge is 0.272 e. The molecule has 0 aliphatic carbocycles. The highest BCUT2D eigenvalue weighted by molar-refractivity contribution is 5.93. The molecule has 3 aliphatic rings. The highest BCUT2D eigenvalue weighted by Crippen LogP contribution is 2.33. The van der Waals surface area contributed by atoms with Crippen LogP contribution in [0.1, 0.15) is 40.6 Å². The second-order valence-corrected chi connectivity index (χ2v) is 11.6. The van der Waals surface area contributed by atoms with Gasteiger partial charge in [-0.1, -0.05) is 30.3 Å². The van der Waals surface area contributed by atoms with Crippen molar-refractivity contribution in [3.05, 3.63) is 77.6 Å². The maximum absolute atomic E-state index is 13.7. The first kappa shape index (κ1) is 27.5. The first-order valence-electron chi connectivity index (χ1n) is 14.6. The summed E-state index contributed by atoms with van der Waals surface area (Å²) in [4.78, 5) is 31.0. The van der Waals surface area contributed by atoms with Crippen molar-refractivity contribution in [2.75, 3.05) is 53.0 Å². The lowest BCUT2D eigenvalue weighted by atomic mass is 10.0. The molecule has 4 heterocycles. The molecule has 3 fully saturated rings. The molecular formula is C32H39N5O4. The van der Waals surface area contributed by atoms with Crippen LogP contribution in [0.15, 0.2) is 60.7 Å². The van der Waals surface area contributed by atoms with Crippen molar-refractivity contribution >= 4 is 11.8 Å². The zero-order valence-electron chi connectivity index (χ0n) is 23.9. The van der Waals surface area contributed by atoms with E-state index in [1.54, 1.807) is 11.8 Å². The SMILES string of the molecule is COc1ccc(-n2nc(C)cc2C(=O)N2CC3CN(CCC(NC(=O)C4CCOC4)c4ccccc4)C[C@H]3C2)cc1. The Balaban J connectivity index is 1.06. The van der Waals surface area contributed by atoms with Gasteiger partial charge in [0, 0.05) is 39.3 Å². The van der Waals surface area contributed by atoms with Gasteiger partial charge in [-0.2, -0.15) is 5.10 Å². The topological polar surface area (TPSA) is 88.9 Å². The Morgan fingerprint density at radius 3 is 2.44 bits per heavy atom. The van der Waals surface area contributed by atoms with Crippen molar-refractivity contribution in [3.63, 3.8) is 0 Å². The first-order valence-corrected chi connectivity index (χ1v) is 14.6. The van der Waals surface area contributed by atoms with Gasteiger partial charge in [0.1, 0.15) is 11.4 Å². The second-order valence-electron chi connectivity index (χ2n) is 11.6. The van der Waals surface area contributed by atoms with Crippen molar-refractivity contribution in [1.82, 2.24) is 24.9 Å². The van der Waals surface area contributed by atoms with E-state index in [1.165, 1.54) is 0 Å². The summed E-state index contributed by atoms with van der Waals surface area (Å²) in [7, 11) is 1.64. The quantitative estimate of drug-likeness (QED) is 0.434. The zero-order valence-corrected chi connectivity index (χ0v) is 23.9. The number of hydrogen-bond donors (Lipinski definition) is 1. The van der Waals surface area contributed by atoms with E-state index in [0.29, 0.717) is 30.7 Å². The number of rotatable bonds is 9. The van der Waals surface area contributed by atoms with Gasteiger partial charge in [0.2, 0.25) is 5.91 Å². The fourth-order valence-corrected chi connectivity index (χ4v) is 6.52. The molecule has 9 heteroatoms. The zero-order chi connectivity index (χ0) is 28.3. The summed E-state index contributed by atoms with van der Waals surface area (Å²) < 4.78 is 12.5. The van der Waals surface area contributed by atoms with Crippen molar-refractivity contribution in [2.45, 2.75) is 25.8 Å². The van der Waals surface area contributed by atoms with Gasteiger partial charge in [0.15, 0.2) is 0 Å². The van der Waals surface area contributed by atoms with Gasteiger partial charge >= 0.3 is 0 Å². The molecule has 0 radical (unpaired) electrons. The van der Waals surface area contributed by atoms with Gasteiger partial charge < -0.3 is 24.6 Å². The van der Waals surface area contributed by atoms with E-state index >= 15 is 0 Å². The van der Waals surface area contributed by atoms with E-state index in [2.05, 4.69) is 27.4 Å². The van der Waals surface area contributed by atoms with Crippen LogP contribution in [0.5, 0.6) is 5.75 Å². The number of benzene rings is 2. The van der Waals surface area contributed by atoms with Crippen LogP contribution in [0, 0.1) is 24.7 Å². The second kappa shape index (κ2) is 12.0. The van der Waals surface area contributed by atoms with E-state index in [1.807, 2.05) is 60.4 Å². The Kier molecular flexibility index (Phi) is 8.07. The predicted molar refractivity (Wildman–Crippen MR) is 155 cm³/mol. The largest absolute Gasteiger partial charge is 0.497 e. The number of aromatic nitrogens is 2. The van der Waals surface area contributed by atoms with E-state index in [-0.39, 0.29) is 23.8 Å². The summed E-state index contributed by atoms with van der Waals surface area (Å²) in [5, 5.41) is 7.91. The predicted octanol–water partition coefficient (Wildman–Crippen LogP) is 3.48. The summed E-state index contributed by atoms with van der Waals surface area (Å²) in [6, 6.07) is 19.7. The fraction of sp³-hybridized carbons (Fsp3) is 0.469. The van der Waals surface area contributed by atoms with Crippen LogP contribution in [0.2, 0.25) is 0 Å². The monoisotopic (exact) mass is 557 g/mol. The average molecular weight is 558 g/mol. The molecule has 0 bridgehead atoms. The third kappa shape index (κ3) is 6.01. The Labute approximate surface area is 241 Å². The lowest BCUT2D eigenvalue weighted by molar-refractivity contribution is -0.125. The van der Waals surface area contributed by atoms with Crippen LogP contribution in [0.4, 0.5) is 0 Å². The van der Waals surface area contributed by atoms with Gasteiger partial charge in [-0.15, -0.1) is 0 Å². The molecule has 2 aromatic carbocycles. The number of nitrogens with one attached hydrogen (secondary N) is 1. The van der Waals surface area contributed by atoms with Gasteiger partial charge in [-0.05, 0) is 67.5 Å². The van der Waals surface area contributed by atoms with E-state index in [4.69, 9.17) is 9.47 Å². The number of carbonyl (C=O) groups excluding carboxylic acids is 2. The third-order valence-corrected chi connectivity index (χ3v) is 8.77. The van der Waals surface area contributed by atoms with Gasteiger partial charge in [0.25, 0.3) is 5.91 Å². The van der Waals surface area contributed by atoms with Crippen molar-refractivity contribution in [3.8, 4) is 11.4 Å². The lowest BCUT2D eigenvalue weighted by Crippen LogP contribution is -2.37. The van der Waals surface area contributed by atoms with E-state index in [0.717, 1.165) is 68.3 Å². The number of nitrogens with zero attached hydrogens (tertiary/aromatic N) is 4. The Morgan fingerprint density at radius 1 is 1.05 bits per heavy atom. The van der Waals surface area contributed by atoms with Crippen LogP contribution in [0.25, 0.3) is 5.69 Å². The number of likely N-dealkylation sites (tertiary alicyclic amines) is 2. The number of methoxy groups -OCH3 is 1. The van der Waals surface area contributed by atoms with Gasteiger partial charge in [-0.25, -0.2) is 4.68 Å². The van der Waals surface area contributed by atoms with Crippen molar-refractivity contribution in [2.24, 2.45) is 17.8 Å². The van der Waals surface area contributed by atoms with Gasteiger partial charge in [-0.3, -0.25) is 9.59 Å². The molecular weight excluding hydrogens is 518 g/mol. The molecule has 2 amide bonds. The summed E-state index contributed by atoms with van der Waals surface area (Å²) in [5.74, 6) is 1.75. The molecule has 0 spiro atoms. The number of hydrogen-bond acceptors (Lipinski definition) is 6. The molecule has 1 aromatic heterocycles. The highest BCUT2D eigenvalue weighted by atomic mass is 16.5. The van der Waals surface area contributed by atoms with Crippen molar-refractivity contribution in [1.29, 1.82) is 0 Å². The van der Waals surface area contributed by atoms with Gasteiger partial charge in [0.05, 0.1) is 37.1 Å². The molecule has 41 heavy (non-hydrogen) atoms. The number of fused-ring (bicyclic) bond motifs is 1. The minimum atomic E-state index is -0.0549. The Hall–Kier alpha value is -3.69. The van der Waals surface area contributed by atoms with Crippen LogP contribution in [-0.2, 0) is 9.53 Å². The molecule has 1 N–H and O–H groups in total. The standard InChI is InChI=1S/C32H39N5O4/c1-22-16-30(37(34-22)27-8-10-28(40-2)11-9-27)32(39)36-19-25-17-35(18-26(25)20-36)14-12-29(23-6-4-3-5-7-23)33-31(38)24-13-15-41-21-24/h3-11,16,24-26,29H,12-15,17-21H2,1-2H3,(H,33,38)/t24?,25-,26?,29?/m0/s1. The molecule has 3 aromatic rings. The van der Waals surface area contributed by atoms with Crippen LogP contribution >= 0.6 is 0 Å². The summed E-state index contributed by atoms with van der Waals surface area (Å²) in [6.07, 6.45) is 1.64. The van der Waals surface area contributed by atoms with E-state index in [9.17, 15) is 9.59 Å². The molecule has 216 valence electrons. The molecule has 3 aliphatic heterocycles. The van der Waals surface area contributed by atoms with Crippen molar-refractivity contribution < 1.29 is 19.1 Å². The molecule has 6 rings (SSSR count). The fourth-order valence-electron chi connectivity index (χ4n) is 6.52. The summed E-state index contributed by atoms with van der Waals surface area (Å²) in [6.45, 7) is 7.45. The normalized spacial score (nSPS) is 23.0. The third-order valence-electron chi connectivity index (χ3n) is 8.77. The average Bonchev–Trinajstić information content (AvgIpc) is 3.80. The molecule has 4 atom stereocenters. The number of aryl methyl sites for hydroxylation is 1. The summed E-state index contributed by atoms with van der Waals surface area (Å²) in [5.41, 5.74) is 3.39. The Morgan fingerprint density at radius 2 is 1.78 bits per heavy atom. The molecule has 3 unspecified atom stereocenters. The minimum absolute atomic E-state index is 0.0238. The number of ether oxygens (including phenoxy) is 2. The maximum atomic E-state index is 13.7. The minimum Gasteiger partial charge on any atom is -0.497 e. The highest BCUT2D eigenvalue weighted by Gasteiger charge is 2.42. The lowest BCUT2D eigenvalue weighted by Gasteiger charge is -2.25. The van der Waals surface area contributed by atoms with Crippen LogP contribution < -0.4 is 10.1 Å². The molecule has 3 saturated heterocycles. The summed E-state index contributed by atoms with van der Waals surface area (Å²) >= 11 is 0. The number of amides is 2. The van der Waals surface area contributed by atoms with E-state index < -0.39 is 0 Å². The molecule has 9 nitrogen and oxygen atoms in total. The van der Waals surface area contributed by atoms with Crippen LogP contribution in [-0.4, -0.2) is 84.4 Å². The molecule has 0 saturated carbocycles. The first-order chi connectivity index (χ1) is 20.0. The maximum Gasteiger partial charge on any atom is 0.272 e.